The number of aromatic nitrogens is 1. The monoisotopic (exact) mass is 259 g/mol. The Morgan fingerprint density at radius 2 is 2.16 bits per heavy atom. The second kappa shape index (κ2) is 6.58. The lowest BCUT2D eigenvalue weighted by atomic mass is 10.1. The summed E-state index contributed by atoms with van der Waals surface area (Å²) >= 11 is 0. The van der Waals surface area contributed by atoms with Crippen LogP contribution < -0.4 is 5.73 Å². The normalized spacial score (nSPS) is 11.5. The number of nitrogens with two attached hydrogens (primary N) is 1. The number of hydrogen-bond donors (Lipinski definition) is 1. The summed E-state index contributed by atoms with van der Waals surface area (Å²) < 4.78 is 4.99. The Balaban J connectivity index is 1.73. The lowest BCUT2D eigenvalue weighted by Crippen LogP contribution is -2.13. The van der Waals surface area contributed by atoms with E-state index in [-0.39, 0.29) is 6.61 Å². The molecule has 100 valence electrons. The molecular formula is C14H17N3O2. The zero-order valence-electron chi connectivity index (χ0n) is 10.9. The summed E-state index contributed by atoms with van der Waals surface area (Å²) in [5.41, 5.74) is 7.82. The maximum absolute atomic E-state index is 5.77. The minimum Gasteiger partial charge on any atom is -0.386 e. The van der Waals surface area contributed by atoms with E-state index < -0.39 is 0 Å². The zero-order valence-corrected chi connectivity index (χ0v) is 10.9. The molecule has 0 aliphatic carbocycles. The van der Waals surface area contributed by atoms with Crippen molar-refractivity contribution in [2.45, 2.75) is 26.4 Å². The average molecular weight is 259 g/mol. The topological polar surface area (TPSA) is 73.6 Å². The molecule has 2 aromatic rings. The number of amidine groups is 1. The maximum Gasteiger partial charge on any atom is 0.177 e. The predicted molar refractivity (Wildman–Crippen MR) is 72.4 cm³/mol. The van der Waals surface area contributed by atoms with Crippen molar-refractivity contribution in [1.82, 2.24) is 5.16 Å². The second-order valence-electron chi connectivity index (χ2n) is 4.28. The van der Waals surface area contributed by atoms with Gasteiger partial charge in [0.15, 0.2) is 12.4 Å². The molecule has 1 aromatic heterocycles. The van der Waals surface area contributed by atoms with E-state index in [1.54, 1.807) is 6.07 Å². The first-order chi connectivity index (χ1) is 9.24. The molecule has 0 spiro atoms. The van der Waals surface area contributed by atoms with Crippen LogP contribution in [0.3, 0.4) is 0 Å². The first-order valence-corrected chi connectivity index (χ1v) is 6.14. The Morgan fingerprint density at radius 1 is 1.37 bits per heavy atom. The molecule has 0 aliphatic heterocycles. The van der Waals surface area contributed by atoms with Crippen molar-refractivity contribution in [3.63, 3.8) is 0 Å². The summed E-state index contributed by atoms with van der Waals surface area (Å²) in [5, 5.41) is 7.61. The van der Waals surface area contributed by atoms with Crippen LogP contribution in [0.15, 0.2) is 46.1 Å². The summed E-state index contributed by atoms with van der Waals surface area (Å²) in [6.45, 7) is 2.09. The van der Waals surface area contributed by atoms with Crippen LogP contribution >= 0.6 is 0 Å². The largest absolute Gasteiger partial charge is 0.386 e. The molecule has 0 bridgehead atoms. The van der Waals surface area contributed by atoms with Crippen LogP contribution in [0.4, 0.5) is 0 Å². The van der Waals surface area contributed by atoms with Crippen molar-refractivity contribution >= 4 is 5.84 Å². The van der Waals surface area contributed by atoms with Crippen molar-refractivity contribution in [2.75, 3.05) is 0 Å². The van der Waals surface area contributed by atoms with Crippen LogP contribution in [0, 0.1) is 6.92 Å². The standard InChI is InChI=1S/C14H17N3O2/c1-11-9-13(19-16-11)10-18-17-14(15)8-7-12-5-3-2-4-6-12/h2-6,9H,7-8,10H2,1H3,(H2,15,17). The van der Waals surface area contributed by atoms with E-state index in [4.69, 9.17) is 15.1 Å². The molecule has 5 heteroatoms. The highest BCUT2D eigenvalue weighted by Crippen LogP contribution is 2.05. The number of oxime groups is 1. The maximum atomic E-state index is 5.77. The lowest BCUT2D eigenvalue weighted by molar-refractivity contribution is 0.108. The Hall–Kier alpha value is -2.30. The molecular weight excluding hydrogens is 242 g/mol. The fraction of sp³-hybridized carbons (Fsp3) is 0.286. The van der Waals surface area contributed by atoms with E-state index in [1.807, 2.05) is 25.1 Å². The van der Waals surface area contributed by atoms with Gasteiger partial charge in [-0.05, 0) is 18.9 Å². The Labute approximate surface area is 112 Å². The van der Waals surface area contributed by atoms with Gasteiger partial charge in [-0.2, -0.15) is 0 Å². The zero-order chi connectivity index (χ0) is 13.5. The molecule has 5 nitrogen and oxygen atoms in total. The minimum atomic E-state index is 0.243. The molecule has 19 heavy (non-hydrogen) atoms. The summed E-state index contributed by atoms with van der Waals surface area (Å²) in [4.78, 5) is 5.11. The van der Waals surface area contributed by atoms with Crippen molar-refractivity contribution in [1.29, 1.82) is 0 Å². The number of aryl methyl sites for hydroxylation is 2. The van der Waals surface area contributed by atoms with Crippen molar-refractivity contribution in [2.24, 2.45) is 10.9 Å². The number of hydrogen-bond acceptors (Lipinski definition) is 4. The van der Waals surface area contributed by atoms with Gasteiger partial charge in [-0.25, -0.2) is 0 Å². The first kappa shape index (κ1) is 13.1. The average Bonchev–Trinajstić information content (AvgIpc) is 2.83. The van der Waals surface area contributed by atoms with Crippen LogP contribution in [-0.2, 0) is 17.9 Å². The van der Waals surface area contributed by atoms with Crippen molar-refractivity contribution in [3.05, 3.63) is 53.4 Å². The van der Waals surface area contributed by atoms with E-state index in [0.717, 1.165) is 12.1 Å². The van der Waals surface area contributed by atoms with Gasteiger partial charge in [0.05, 0.1) is 5.69 Å². The highest BCUT2D eigenvalue weighted by molar-refractivity contribution is 5.79. The van der Waals surface area contributed by atoms with Gasteiger partial charge < -0.3 is 15.1 Å². The fourth-order valence-electron chi connectivity index (χ4n) is 1.63. The van der Waals surface area contributed by atoms with Crippen LogP contribution in [0.25, 0.3) is 0 Å². The summed E-state index contributed by atoms with van der Waals surface area (Å²) in [5.74, 6) is 1.11. The Kier molecular flexibility index (Phi) is 4.55. The number of benzene rings is 1. The Bertz CT molecular complexity index is 535. The third-order valence-electron chi connectivity index (χ3n) is 2.58. The molecule has 2 N–H and O–H groups in total. The van der Waals surface area contributed by atoms with Crippen molar-refractivity contribution in [3.8, 4) is 0 Å². The Morgan fingerprint density at radius 3 is 2.84 bits per heavy atom. The molecule has 0 radical (unpaired) electrons. The summed E-state index contributed by atoms with van der Waals surface area (Å²) in [7, 11) is 0. The minimum absolute atomic E-state index is 0.243. The molecule has 1 aromatic carbocycles. The molecule has 2 rings (SSSR count). The van der Waals surface area contributed by atoms with Crippen molar-refractivity contribution < 1.29 is 9.36 Å². The fourth-order valence-corrected chi connectivity index (χ4v) is 1.63. The van der Waals surface area contributed by atoms with Gasteiger partial charge in [0.25, 0.3) is 0 Å². The third kappa shape index (κ3) is 4.46. The lowest BCUT2D eigenvalue weighted by Gasteiger charge is -2.01. The van der Waals surface area contributed by atoms with Gasteiger partial charge >= 0.3 is 0 Å². The summed E-state index contributed by atoms with van der Waals surface area (Å²) in [6, 6.07) is 11.9. The molecule has 0 unspecified atom stereocenters. The molecule has 0 saturated carbocycles. The SMILES string of the molecule is Cc1cc(CO/N=C(\N)CCc2ccccc2)on1. The second-order valence-corrected chi connectivity index (χ2v) is 4.28. The molecule has 0 saturated heterocycles. The van der Waals surface area contributed by atoms with Crippen LogP contribution in [0.5, 0.6) is 0 Å². The molecule has 0 fully saturated rings. The van der Waals surface area contributed by atoms with E-state index >= 15 is 0 Å². The molecule has 0 amide bonds. The van der Waals surface area contributed by atoms with Gasteiger partial charge in [-0.3, -0.25) is 0 Å². The van der Waals surface area contributed by atoms with Gasteiger partial charge in [-0.15, -0.1) is 0 Å². The highest BCUT2D eigenvalue weighted by Gasteiger charge is 2.01. The van der Waals surface area contributed by atoms with Gasteiger partial charge in [-0.1, -0.05) is 40.6 Å². The van der Waals surface area contributed by atoms with E-state index in [2.05, 4.69) is 22.4 Å². The first-order valence-electron chi connectivity index (χ1n) is 6.14. The quantitative estimate of drug-likeness (QED) is 0.491. The van der Waals surface area contributed by atoms with Crippen LogP contribution in [-0.4, -0.2) is 11.0 Å². The third-order valence-corrected chi connectivity index (χ3v) is 2.58. The van der Waals surface area contributed by atoms with E-state index in [0.29, 0.717) is 18.0 Å². The van der Waals surface area contributed by atoms with E-state index in [1.165, 1.54) is 5.56 Å². The predicted octanol–water partition coefficient (Wildman–Crippen LogP) is 2.40. The molecule has 1 heterocycles. The molecule has 0 aliphatic rings. The summed E-state index contributed by atoms with van der Waals surface area (Å²) in [6.07, 6.45) is 1.51. The number of rotatable bonds is 6. The smallest absolute Gasteiger partial charge is 0.177 e. The van der Waals surface area contributed by atoms with E-state index in [9.17, 15) is 0 Å². The molecule has 0 atom stereocenters. The van der Waals surface area contributed by atoms with Gasteiger partial charge in [0.1, 0.15) is 5.84 Å². The highest BCUT2D eigenvalue weighted by atomic mass is 16.6. The van der Waals surface area contributed by atoms with Crippen LogP contribution in [0.1, 0.15) is 23.4 Å². The number of nitrogens with zero attached hydrogens (tertiary/aromatic N) is 2. The van der Waals surface area contributed by atoms with Gasteiger partial charge in [0, 0.05) is 12.5 Å². The van der Waals surface area contributed by atoms with Gasteiger partial charge in [0.2, 0.25) is 0 Å². The van der Waals surface area contributed by atoms with Crippen LogP contribution in [0.2, 0.25) is 0 Å².